The van der Waals surface area contributed by atoms with Gasteiger partial charge in [-0.05, 0) is 81.6 Å². The highest BCUT2D eigenvalue weighted by Crippen LogP contribution is 2.26. The maximum atomic E-state index is 10.2. The predicted molar refractivity (Wildman–Crippen MR) is 128 cm³/mol. The first kappa shape index (κ1) is 21.4. The second-order valence-corrected chi connectivity index (χ2v) is 8.83. The largest absolute Gasteiger partial charge is 0.507 e. The number of phenolic OH excluding ortho intramolecular Hbond substituents is 1. The van der Waals surface area contributed by atoms with Gasteiger partial charge in [-0.25, -0.2) is 0 Å². The molecule has 0 saturated carbocycles. The average Bonchev–Trinajstić information content (AvgIpc) is 2.70. The molecule has 2 aromatic heterocycles. The summed E-state index contributed by atoms with van der Waals surface area (Å²) in [5.74, 6) is 0.368. The van der Waals surface area contributed by atoms with E-state index < -0.39 is 0 Å². The Morgan fingerprint density at radius 1 is 0.929 bits per heavy atom. The lowest BCUT2D eigenvalue weighted by atomic mass is 10.2. The average molecular weight is 600 g/mol. The number of aromatic hydroxyl groups is 1. The fraction of sp³-hybridized carbons (Fsp3) is 0.238. The Labute approximate surface area is 192 Å². The maximum Gasteiger partial charge on any atom is 0.133 e. The van der Waals surface area contributed by atoms with Crippen LogP contribution in [0.2, 0.25) is 0 Å². The fourth-order valence-corrected chi connectivity index (χ4v) is 4.83. The molecule has 0 saturated heterocycles. The lowest BCUT2D eigenvalue weighted by molar-refractivity contribution is 0.250. The molecular formula is C21H22I2N4O. The fourth-order valence-electron chi connectivity index (χ4n) is 2.87. The van der Waals surface area contributed by atoms with Gasteiger partial charge in [0.15, 0.2) is 0 Å². The van der Waals surface area contributed by atoms with Crippen LogP contribution in [0.3, 0.4) is 0 Å². The zero-order valence-corrected chi connectivity index (χ0v) is 19.7. The second kappa shape index (κ2) is 11.0. The molecule has 2 N–H and O–H groups in total. The number of aromatic nitrogens is 2. The van der Waals surface area contributed by atoms with Crippen molar-refractivity contribution in [1.82, 2.24) is 20.2 Å². The molecule has 0 atom stereocenters. The molecule has 3 rings (SSSR count). The quantitative estimate of drug-likeness (QED) is 0.285. The van der Waals surface area contributed by atoms with Gasteiger partial charge in [0.05, 0.1) is 15.0 Å². The van der Waals surface area contributed by atoms with Gasteiger partial charge in [0.1, 0.15) is 5.75 Å². The third kappa shape index (κ3) is 6.64. The summed E-state index contributed by atoms with van der Waals surface area (Å²) in [7, 11) is 0. The minimum Gasteiger partial charge on any atom is -0.507 e. The summed E-state index contributed by atoms with van der Waals surface area (Å²) >= 11 is 4.45. The first-order valence-electron chi connectivity index (χ1n) is 9.01. The van der Waals surface area contributed by atoms with Crippen molar-refractivity contribution in [1.29, 1.82) is 0 Å². The second-order valence-electron chi connectivity index (χ2n) is 6.42. The van der Waals surface area contributed by atoms with Gasteiger partial charge < -0.3 is 10.4 Å². The van der Waals surface area contributed by atoms with E-state index in [1.807, 2.05) is 60.9 Å². The normalized spacial score (nSPS) is 11.1. The summed E-state index contributed by atoms with van der Waals surface area (Å²) in [5, 5.41) is 13.7. The highest BCUT2D eigenvalue weighted by atomic mass is 127. The molecule has 7 heteroatoms. The predicted octanol–water partition coefficient (Wildman–Crippen LogP) is 4.18. The minimum atomic E-state index is 0.368. The summed E-state index contributed by atoms with van der Waals surface area (Å²) in [6, 6.07) is 16.0. The van der Waals surface area contributed by atoms with E-state index in [1.165, 1.54) is 0 Å². The van der Waals surface area contributed by atoms with Crippen molar-refractivity contribution in [2.45, 2.75) is 19.6 Å². The van der Waals surface area contributed by atoms with Gasteiger partial charge in [-0.2, -0.15) is 0 Å². The van der Waals surface area contributed by atoms with Crippen LogP contribution < -0.4 is 5.32 Å². The Morgan fingerprint density at radius 3 is 2.14 bits per heavy atom. The lowest BCUT2D eigenvalue weighted by Gasteiger charge is -2.22. The van der Waals surface area contributed by atoms with Crippen LogP contribution in [-0.2, 0) is 19.6 Å². The summed E-state index contributed by atoms with van der Waals surface area (Å²) in [5.41, 5.74) is 3.02. The first-order valence-corrected chi connectivity index (χ1v) is 11.2. The van der Waals surface area contributed by atoms with Crippen molar-refractivity contribution in [3.8, 4) is 5.75 Å². The van der Waals surface area contributed by atoms with E-state index in [9.17, 15) is 5.11 Å². The van der Waals surface area contributed by atoms with Gasteiger partial charge in [-0.3, -0.25) is 14.9 Å². The van der Waals surface area contributed by atoms with Crippen LogP contribution in [0.5, 0.6) is 5.75 Å². The zero-order valence-electron chi connectivity index (χ0n) is 15.4. The third-order valence-corrected chi connectivity index (χ3v) is 5.70. The Morgan fingerprint density at radius 2 is 1.57 bits per heavy atom. The number of hydrogen-bond acceptors (Lipinski definition) is 5. The van der Waals surface area contributed by atoms with E-state index >= 15 is 0 Å². The molecule has 2 heterocycles. The van der Waals surface area contributed by atoms with Crippen molar-refractivity contribution in [2.24, 2.45) is 0 Å². The number of phenols is 1. The van der Waals surface area contributed by atoms with E-state index in [2.05, 4.69) is 65.4 Å². The van der Waals surface area contributed by atoms with E-state index in [4.69, 9.17) is 0 Å². The molecule has 0 bridgehead atoms. The standard InChI is InChI=1S/C21H22I2N4O/c22-17-11-16(21(28)20(23)12-17)13-24-9-10-27(14-18-5-1-3-7-25-18)15-19-6-2-4-8-26-19/h1-8,11-12,24,28H,9-10,13-15H2. The molecule has 0 aliphatic rings. The molecular weight excluding hydrogens is 578 g/mol. The smallest absolute Gasteiger partial charge is 0.133 e. The lowest BCUT2D eigenvalue weighted by Crippen LogP contribution is -2.32. The molecule has 146 valence electrons. The van der Waals surface area contributed by atoms with Crippen molar-refractivity contribution in [3.05, 3.63) is 85.0 Å². The Bertz CT molecular complexity index is 837. The van der Waals surface area contributed by atoms with Gasteiger partial charge in [0.25, 0.3) is 0 Å². The molecule has 0 fully saturated rings. The van der Waals surface area contributed by atoms with Gasteiger partial charge in [-0.15, -0.1) is 0 Å². The number of hydrogen-bond donors (Lipinski definition) is 2. The van der Waals surface area contributed by atoms with Gasteiger partial charge in [0, 0.05) is 54.3 Å². The van der Waals surface area contributed by atoms with Gasteiger partial charge in [0.2, 0.25) is 0 Å². The monoisotopic (exact) mass is 600 g/mol. The van der Waals surface area contributed by atoms with E-state index in [-0.39, 0.29) is 0 Å². The number of benzene rings is 1. The van der Waals surface area contributed by atoms with Gasteiger partial charge >= 0.3 is 0 Å². The molecule has 0 aliphatic heterocycles. The van der Waals surface area contributed by atoms with Crippen LogP contribution in [0.4, 0.5) is 0 Å². The van der Waals surface area contributed by atoms with Crippen LogP contribution in [0.25, 0.3) is 0 Å². The van der Waals surface area contributed by atoms with Gasteiger partial charge in [-0.1, -0.05) is 12.1 Å². The molecule has 0 amide bonds. The van der Waals surface area contributed by atoms with Crippen molar-refractivity contribution in [2.75, 3.05) is 13.1 Å². The Kier molecular flexibility index (Phi) is 8.44. The summed E-state index contributed by atoms with van der Waals surface area (Å²) in [6.45, 7) is 3.84. The van der Waals surface area contributed by atoms with Crippen molar-refractivity contribution in [3.63, 3.8) is 0 Å². The van der Waals surface area contributed by atoms with E-state index in [1.54, 1.807) is 0 Å². The highest BCUT2D eigenvalue weighted by Gasteiger charge is 2.10. The molecule has 0 aliphatic carbocycles. The van der Waals surface area contributed by atoms with Crippen LogP contribution in [-0.4, -0.2) is 33.1 Å². The molecule has 28 heavy (non-hydrogen) atoms. The topological polar surface area (TPSA) is 61.3 Å². The molecule has 0 radical (unpaired) electrons. The molecule has 3 aromatic rings. The number of halogens is 2. The van der Waals surface area contributed by atoms with Crippen LogP contribution in [0.15, 0.2) is 60.9 Å². The van der Waals surface area contributed by atoms with Crippen LogP contribution in [0.1, 0.15) is 17.0 Å². The zero-order chi connectivity index (χ0) is 19.8. The molecule has 0 unspecified atom stereocenters. The van der Waals surface area contributed by atoms with Crippen molar-refractivity contribution < 1.29 is 5.11 Å². The summed E-state index contributed by atoms with van der Waals surface area (Å²) < 4.78 is 2.01. The first-order chi connectivity index (χ1) is 13.6. The molecule has 1 aromatic carbocycles. The van der Waals surface area contributed by atoms with E-state index in [0.29, 0.717) is 12.3 Å². The number of rotatable bonds is 9. The minimum absolute atomic E-state index is 0.368. The SMILES string of the molecule is Oc1c(I)cc(I)cc1CNCCN(Cc1ccccn1)Cc1ccccn1. The number of pyridine rings is 2. The van der Waals surface area contributed by atoms with E-state index in [0.717, 1.165) is 50.3 Å². The maximum absolute atomic E-state index is 10.2. The van der Waals surface area contributed by atoms with Crippen LogP contribution >= 0.6 is 45.2 Å². The van der Waals surface area contributed by atoms with Crippen molar-refractivity contribution >= 4 is 45.2 Å². The molecule has 5 nitrogen and oxygen atoms in total. The molecule has 0 spiro atoms. The third-order valence-electron chi connectivity index (χ3n) is 4.25. The number of nitrogens with zero attached hydrogens (tertiary/aromatic N) is 3. The number of nitrogens with one attached hydrogen (secondary N) is 1. The van der Waals surface area contributed by atoms with Crippen LogP contribution in [0, 0.1) is 7.14 Å². The summed E-state index contributed by atoms with van der Waals surface area (Å²) in [6.07, 6.45) is 3.65. The Balaban J connectivity index is 1.58. The highest BCUT2D eigenvalue weighted by molar-refractivity contribution is 14.1. The Hall–Kier alpha value is -1.30. The summed E-state index contributed by atoms with van der Waals surface area (Å²) in [4.78, 5) is 11.2.